The fraction of sp³-hybridized carbons (Fsp3) is 0.647. The molecule has 1 aliphatic rings. The first-order chi connectivity index (χ1) is 10.2. The van der Waals surface area contributed by atoms with Gasteiger partial charge in [-0.1, -0.05) is 18.1 Å². The Morgan fingerprint density at radius 3 is 2.81 bits per heavy atom. The van der Waals surface area contributed by atoms with E-state index in [2.05, 4.69) is 5.32 Å². The van der Waals surface area contributed by atoms with Crippen molar-refractivity contribution in [2.24, 2.45) is 11.8 Å². The summed E-state index contributed by atoms with van der Waals surface area (Å²) in [6.07, 6.45) is 2.92. The fourth-order valence-electron chi connectivity index (χ4n) is 3.25. The molecule has 1 aliphatic carbocycles. The van der Waals surface area contributed by atoms with Crippen LogP contribution >= 0.6 is 0 Å². The van der Waals surface area contributed by atoms with Gasteiger partial charge in [-0.2, -0.15) is 0 Å². The lowest BCUT2D eigenvalue weighted by Crippen LogP contribution is -2.30. The number of benzene rings is 1. The second kappa shape index (κ2) is 7.78. The Hall–Kier alpha value is -1.10. The van der Waals surface area contributed by atoms with Gasteiger partial charge in [-0.25, -0.2) is 0 Å². The molecule has 2 rings (SSSR count). The van der Waals surface area contributed by atoms with Gasteiger partial charge in [-0.05, 0) is 50.3 Å². The van der Waals surface area contributed by atoms with Crippen LogP contribution in [0.2, 0.25) is 0 Å². The SMILES string of the molecule is COc1ccc(C)cc1C(O)CNCC1CCCC1CO. The van der Waals surface area contributed by atoms with E-state index in [9.17, 15) is 10.2 Å². The van der Waals surface area contributed by atoms with Gasteiger partial charge in [0.05, 0.1) is 13.2 Å². The molecule has 0 spiro atoms. The van der Waals surface area contributed by atoms with E-state index in [1.807, 2.05) is 25.1 Å². The van der Waals surface area contributed by atoms with E-state index < -0.39 is 6.10 Å². The van der Waals surface area contributed by atoms with Crippen molar-refractivity contribution in [2.45, 2.75) is 32.3 Å². The average Bonchev–Trinajstić information content (AvgIpc) is 2.94. The second-order valence-electron chi connectivity index (χ2n) is 6.05. The van der Waals surface area contributed by atoms with Gasteiger partial charge in [0.15, 0.2) is 0 Å². The lowest BCUT2D eigenvalue weighted by Gasteiger charge is -2.20. The Labute approximate surface area is 127 Å². The Balaban J connectivity index is 1.87. The van der Waals surface area contributed by atoms with Crippen molar-refractivity contribution in [1.29, 1.82) is 0 Å². The molecule has 0 amide bonds. The first kappa shape index (κ1) is 16.3. The first-order valence-electron chi connectivity index (χ1n) is 7.80. The van der Waals surface area contributed by atoms with Crippen molar-refractivity contribution in [2.75, 3.05) is 26.8 Å². The average molecular weight is 293 g/mol. The van der Waals surface area contributed by atoms with Crippen molar-refractivity contribution < 1.29 is 14.9 Å². The summed E-state index contributed by atoms with van der Waals surface area (Å²) >= 11 is 0. The van der Waals surface area contributed by atoms with Crippen molar-refractivity contribution in [3.05, 3.63) is 29.3 Å². The van der Waals surface area contributed by atoms with Gasteiger partial charge in [0.25, 0.3) is 0 Å². The number of aryl methyl sites for hydroxylation is 1. The van der Waals surface area contributed by atoms with Gasteiger partial charge in [0.2, 0.25) is 0 Å². The molecule has 0 saturated heterocycles. The maximum absolute atomic E-state index is 10.4. The molecule has 3 N–H and O–H groups in total. The zero-order valence-electron chi connectivity index (χ0n) is 13.0. The highest BCUT2D eigenvalue weighted by molar-refractivity contribution is 5.38. The molecule has 21 heavy (non-hydrogen) atoms. The molecule has 0 bridgehead atoms. The smallest absolute Gasteiger partial charge is 0.124 e. The van der Waals surface area contributed by atoms with Crippen LogP contribution in [0.15, 0.2) is 18.2 Å². The summed E-state index contributed by atoms with van der Waals surface area (Å²) in [7, 11) is 1.62. The highest BCUT2D eigenvalue weighted by Crippen LogP contribution is 2.31. The Morgan fingerprint density at radius 1 is 1.33 bits per heavy atom. The molecule has 1 aromatic rings. The van der Waals surface area contributed by atoms with Crippen LogP contribution in [0.25, 0.3) is 0 Å². The summed E-state index contributed by atoms with van der Waals surface area (Å²) in [5.41, 5.74) is 1.94. The van der Waals surface area contributed by atoms with E-state index in [1.165, 1.54) is 12.8 Å². The van der Waals surface area contributed by atoms with Crippen LogP contribution in [0.5, 0.6) is 5.75 Å². The number of nitrogens with one attached hydrogen (secondary N) is 1. The normalized spacial score (nSPS) is 23.2. The number of hydrogen-bond donors (Lipinski definition) is 3. The van der Waals surface area contributed by atoms with Gasteiger partial charge in [-0.15, -0.1) is 0 Å². The zero-order chi connectivity index (χ0) is 15.2. The minimum Gasteiger partial charge on any atom is -0.496 e. The molecular weight excluding hydrogens is 266 g/mol. The molecule has 4 heteroatoms. The maximum atomic E-state index is 10.4. The molecule has 3 unspecified atom stereocenters. The quantitative estimate of drug-likeness (QED) is 0.720. The van der Waals surface area contributed by atoms with E-state index >= 15 is 0 Å². The van der Waals surface area contributed by atoms with E-state index in [0.717, 1.165) is 29.8 Å². The Kier molecular flexibility index (Phi) is 6.03. The number of methoxy groups -OCH3 is 1. The third kappa shape index (κ3) is 4.19. The zero-order valence-corrected chi connectivity index (χ0v) is 13.0. The molecule has 1 aromatic carbocycles. The molecular formula is C17H27NO3. The van der Waals surface area contributed by atoms with Crippen LogP contribution in [0, 0.1) is 18.8 Å². The number of aliphatic hydroxyl groups is 2. The molecule has 0 aliphatic heterocycles. The molecule has 3 atom stereocenters. The van der Waals surface area contributed by atoms with Crippen molar-refractivity contribution in [3.63, 3.8) is 0 Å². The summed E-state index contributed by atoms with van der Waals surface area (Å²) < 4.78 is 5.31. The van der Waals surface area contributed by atoms with Crippen molar-refractivity contribution in [1.82, 2.24) is 5.32 Å². The van der Waals surface area contributed by atoms with Gasteiger partial charge in [-0.3, -0.25) is 0 Å². The Morgan fingerprint density at radius 2 is 2.10 bits per heavy atom. The molecule has 118 valence electrons. The summed E-state index contributed by atoms with van der Waals surface area (Å²) in [5.74, 6) is 1.67. The topological polar surface area (TPSA) is 61.7 Å². The maximum Gasteiger partial charge on any atom is 0.124 e. The molecule has 0 heterocycles. The van der Waals surface area contributed by atoms with E-state index in [4.69, 9.17) is 4.74 Å². The Bertz CT molecular complexity index is 450. The van der Waals surface area contributed by atoms with Crippen LogP contribution < -0.4 is 10.1 Å². The first-order valence-corrected chi connectivity index (χ1v) is 7.80. The van der Waals surface area contributed by atoms with Crippen LogP contribution in [0.4, 0.5) is 0 Å². The second-order valence-corrected chi connectivity index (χ2v) is 6.05. The number of hydrogen-bond acceptors (Lipinski definition) is 4. The largest absolute Gasteiger partial charge is 0.496 e. The van der Waals surface area contributed by atoms with E-state index in [-0.39, 0.29) is 6.61 Å². The van der Waals surface area contributed by atoms with E-state index in [1.54, 1.807) is 7.11 Å². The molecule has 1 fully saturated rings. The summed E-state index contributed by atoms with van der Waals surface area (Å²) in [4.78, 5) is 0. The lowest BCUT2D eigenvalue weighted by atomic mass is 9.97. The minimum atomic E-state index is -0.575. The van der Waals surface area contributed by atoms with Crippen LogP contribution in [0.3, 0.4) is 0 Å². The summed E-state index contributed by atoms with van der Waals surface area (Å²) in [5, 5.41) is 23.0. The number of aliphatic hydroxyl groups excluding tert-OH is 2. The summed E-state index contributed by atoms with van der Waals surface area (Å²) in [6.45, 7) is 3.65. The lowest BCUT2D eigenvalue weighted by molar-refractivity contribution is 0.160. The summed E-state index contributed by atoms with van der Waals surface area (Å²) in [6, 6.07) is 5.84. The molecule has 0 aromatic heterocycles. The minimum absolute atomic E-state index is 0.278. The molecule has 1 saturated carbocycles. The van der Waals surface area contributed by atoms with Crippen LogP contribution in [0.1, 0.15) is 36.5 Å². The van der Waals surface area contributed by atoms with Crippen LogP contribution in [-0.2, 0) is 0 Å². The number of ether oxygens (including phenoxy) is 1. The van der Waals surface area contributed by atoms with Gasteiger partial charge < -0.3 is 20.3 Å². The van der Waals surface area contributed by atoms with Gasteiger partial charge >= 0.3 is 0 Å². The monoisotopic (exact) mass is 293 g/mol. The van der Waals surface area contributed by atoms with Gasteiger partial charge in [0, 0.05) is 18.7 Å². The third-order valence-electron chi connectivity index (χ3n) is 4.54. The number of rotatable bonds is 7. The van der Waals surface area contributed by atoms with Crippen molar-refractivity contribution >= 4 is 0 Å². The molecule has 0 radical (unpaired) electrons. The van der Waals surface area contributed by atoms with E-state index in [0.29, 0.717) is 18.4 Å². The highest BCUT2D eigenvalue weighted by atomic mass is 16.5. The predicted octanol–water partition coefficient (Wildman–Crippen LogP) is 2.04. The third-order valence-corrected chi connectivity index (χ3v) is 4.54. The van der Waals surface area contributed by atoms with Crippen LogP contribution in [-0.4, -0.2) is 37.0 Å². The fourth-order valence-corrected chi connectivity index (χ4v) is 3.25. The molecule has 4 nitrogen and oxygen atoms in total. The van der Waals surface area contributed by atoms with Gasteiger partial charge in [0.1, 0.15) is 5.75 Å². The highest BCUT2D eigenvalue weighted by Gasteiger charge is 2.26. The van der Waals surface area contributed by atoms with Crippen molar-refractivity contribution in [3.8, 4) is 5.75 Å². The standard InChI is InChI=1S/C17H27NO3/c1-12-6-7-17(21-2)15(8-12)16(20)10-18-9-13-4-3-5-14(13)11-19/h6-8,13-14,16,18-20H,3-5,9-11H2,1-2H3. The predicted molar refractivity (Wildman–Crippen MR) is 83.5 cm³/mol.